The van der Waals surface area contributed by atoms with Crippen LogP contribution in [0.4, 0.5) is 11.4 Å². The van der Waals surface area contributed by atoms with Crippen molar-refractivity contribution in [1.82, 2.24) is 4.72 Å². The smallest absolute Gasteiger partial charge is 0.242 e. The number of amides is 2. The summed E-state index contributed by atoms with van der Waals surface area (Å²) >= 11 is 0. The van der Waals surface area contributed by atoms with E-state index in [-0.39, 0.29) is 22.8 Å². The SMILES string of the molecule is COc1ccc(NC(=O)[C@H](NS(=O)(=O)c2ccc3c(c2)C[C@@H](C)N3C(C)=O)C(C)C)cc1. The lowest BCUT2D eigenvalue weighted by Crippen LogP contribution is -2.47. The van der Waals surface area contributed by atoms with Gasteiger partial charge in [-0.25, -0.2) is 8.42 Å². The number of benzene rings is 2. The quantitative estimate of drug-likeness (QED) is 0.662. The number of anilines is 2. The number of methoxy groups -OCH3 is 1. The number of rotatable bonds is 7. The Labute approximate surface area is 189 Å². The van der Waals surface area contributed by atoms with Crippen molar-refractivity contribution >= 4 is 33.2 Å². The maximum Gasteiger partial charge on any atom is 0.242 e. The molecule has 0 radical (unpaired) electrons. The molecule has 0 unspecified atom stereocenters. The van der Waals surface area contributed by atoms with Gasteiger partial charge in [-0.1, -0.05) is 13.8 Å². The molecule has 3 rings (SSSR count). The molecule has 0 fully saturated rings. The highest BCUT2D eigenvalue weighted by Gasteiger charge is 2.32. The van der Waals surface area contributed by atoms with E-state index < -0.39 is 22.0 Å². The summed E-state index contributed by atoms with van der Waals surface area (Å²) in [6, 6.07) is 10.5. The van der Waals surface area contributed by atoms with Crippen molar-refractivity contribution < 1.29 is 22.7 Å². The molecular weight excluding hydrogens is 430 g/mol. The molecule has 0 aliphatic carbocycles. The number of nitrogens with one attached hydrogen (secondary N) is 2. The highest BCUT2D eigenvalue weighted by Crippen LogP contribution is 2.34. The molecule has 32 heavy (non-hydrogen) atoms. The van der Waals surface area contributed by atoms with Crippen molar-refractivity contribution in [2.75, 3.05) is 17.3 Å². The number of carbonyl (C=O) groups excluding carboxylic acids is 2. The Bertz CT molecular complexity index is 1110. The van der Waals surface area contributed by atoms with Gasteiger partial charge < -0.3 is 15.0 Å². The molecular formula is C23H29N3O5S. The fraction of sp³-hybridized carbons (Fsp3) is 0.391. The second-order valence-corrected chi connectivity index (χ2v) is 10.0. The van der Waals surface area contributed by atoms with Crippen LogP contribution >= 0.6 is 0 Å². The molecule has 1 heterocycles. The van der Waals surface area contributed by atoms with Gasteiger partial charge >= 0.3 is 0 Å². The van der Waals surface area contributed by atoms with Crippen molar-refractivity contribution in [2.24, 2.45) is 5.92 Å². The minimum atomic E-state index is -3.96. The van der Waals surface area contributed by atoms with Crippen LogP contribution in [0, 0.1) is 5.92 Å². The van der Waals surface area contributed by atoms with E-state index in [9.17, 15) is 18.0 Å². The molecule has 172 valence electrons. The van der Waals surface area contributed by atoms with E-state index in [2.05, 4.69) is 10.0 Å². The molecule has 2 aromatic rings. The van der Waals surface area contributed by atoms with Crippen LogP contribution in [0.5, 0.6) is 5.75 Å². The second-order valence-electron chi connectivity index (χ2n) is 8.29. The number of sulfonamides is 1. The molecule has 9 heteroatoms. The molecule has 2 atom stereocenters. The average Bonchev–Trinajstić information content (AvgIpc) is 3.07. The van der Waals surface area contributed by atoms with E-state index in [0.29, 0.717) is 17.9 Å². The lowest BCUT2D eigenvalue weighted by Gasteiger charge is -2.22. The molecule has 1 aliphatic heterocycles. The first-order valence-electron chi connectivity index (χ1n) is 10.4. The Hall–Kier alpha value is -2.91. The van der Waals surface area contributed by atoms with Crippen LogP contribution in [0.1, 0.15) is 33.3 Å². The van der Waals surface area contributed by atoms with Crippen LogP contribution in [0.25, 0.3) is 0 Å². The van der Waals surface area contributed by atoms with Crippen molar-refractivity contribution in [1.29, 1.82) is 0 Å². The molecule has 8 nitrogen and oxygen atoms in total. The number of ether oxygens (including phenoxy) is 1. The van der Waals surface area contributed by atoms with Gasteiger partial charge in [-0.15, -0.1) is 0 Å². The molecule has 2 N–H and O–H groups in total. The lowest BCUT2D eigenvalue weighted by molar-refractivity contribution is -0.118. The standard InChI is InChI=1S/C23H29N3O5S/c1-14(2)22(23(28)24-18-6-8-19(31-5)9-7-18)25-32(29,30)20-10-11-21-17(13-20)12-15(3)26(21)16(4)27/h6-11,13-15,22,25H,12H2,1-5H3,(H,24,28)/t15-,22-/m1/s1. The van der Waals surface area contributed by atoms with Crippen LogP contribution in [0.2, 0.25) is 0 Å². The lowest BCUT2D eigenvalue weighted by atomic mass is 10.0. The molecule has 2 amide bonds. The minimum Gasteiger partial charge on any atom is -0.497 e. The summed E-state index contributed by atoms with van der Waals surface area (Å²) in [7, 11) is -2.41. The van der Waals surface area contributed by atoms with Crippen molar-refractivity contribution in [2.45, 2.75) is 51.1 Å². The maximum atomic E-state index is 13.1. The number of carbonyl (C=O) groups is 2. The monoisotopic (exact) mass is 459 g/mol. The van der Waals surface area contributed by atoms with Gasteiger partial charge in [0.2, 0.25) is 21.8 Å². The summed E-state index contributed by atoms with van der Waals surface area (Å²) in [5.74, 6) is -0.171. The molecule has 0 saturated heterocycles. The third-order valence-corrected chi connectivity index (χ3v) is 6.94. The van der Waals surface area contributed by atoms with E-state index in [1.54, 1.807) is 62.3 Å². The van der Waals surface area contributed by atoms with Gasteiger partial charge in [0, 0.05) is 24.3 Å². The largest absolute Gasteiger partial charge is 0.497 e. The third kappa shape index (κ3) is 4.94. The fourth-order valence-corrected chi connectivity index (χ4v) is 5.27. The second kappa shape index (κ2) is 9.30. The third-order valence-electron chi connectivity index (χ3n) is 5.50. The normalized spacial score (nSPS) is 16.6. The Kier molecular flexibility index (Phi) is 6.90. The zero-order chi connectivity index (χ0) is 23.6. The Morgan fingerprint density at radius 1 is 1.12 bits per heavy atom. The Morgan fingerprint density at radius 2 is 1.78 bits per heavy atom. The van der Waals surface area contributed by atoms with Gasteiger partial charge in [0.05, 0.1) is 12.0 Å². The minimum absolute atomic E-state index is 0.0351. The van der Waals surface area contributed by atoms with Gasteiger partial charge in [0.25, 0.3) is 0 Å². The first kappa shape index (κ1) is 23.7. The zero-order valence-corrected chi connectivity index (χ0v) is 19.7. The number of hydrogen-bond donors (Lipinski definition) is 2. The molecule has 0 spiro atoms. The van der Waals surface area contributed by atoms with Gasteiger partial charge in [-0.3, -0.25) is 9.59 Å². The topological polar surface area (TPSA) is 105 Å². The summed E-state index contributed by atoms with van der Waals surface area (Å²) in [5.41, 5.74) is 2.05. The predicted molar refractivity (Wildman–Crippen MR) is 123 cm³/mol. The number of fused-ring (bicyclic) bond motifs is 1. The summed E-state index contributed by atoms with van der Waals surface area (Å²) in [6.45, 7) is 6.96. The van der Waals surface area contributed by atoms with Crippen LogP contribution < -0.4 is 19.7 Å². The van der Waals surface area contributed by atoms with Gasteiger partial charge in [-0.05, 0) is 67.3 Å². The van der Waals surface area contributed by atoms with Crippen LogP contribution in [0.15, 0.2) is 47.4 Å². The summed E-state index contributed by atoms with van der Waals surface area (Å²) in [6.07, 6.45) is 0.573. The summed E-state index contributed by atoms with van der Waals surface area (Å²) < 4.78 is 33.8. The molecule has 0 saturated carbocycles. The summed E-state index contributed by atoms with van der Waals surface area (Å²) in [4.78, 5) is 26.5. The number of hydrogen-bond acceptors (Lipinski definition) is 5. The van der Waals surface area contributed by atoms with Crippen LogP contribution in [-0.4, -0.2) is 39.4 Å². The van der Waals surface area contributed by atoms with E-state index in [1.807, 2.05) is 6.92 Å². The Balaban J connectivity index is 1.80. The summed E-state index contributed by atoms with van der Waals surface area (Å²) in [5, 5.41) is 2.75. The first-order valence-corrected chi connectivity index (χ1v) is 11.9. The van der Waals surface area contributed by atoms with Crippen LogP contribution in [0.3, 0.4) is 0 Å². The maximum absolute atomic E-state index is 13.1. The van der Waals surface area contributed by atoms with Crippen molar-refractivity contribution in [3.05, 3.63) is 48.0 Å². The highest BCUT2D eigenvalue weighted by atomic mass is 32.2. The van der Waals surface area contributed by atoms with Crippen molar-refractivity contribution in [3.8, 4) is 5.75 Å². The van der Waals surface area contributed by atoms with E-state index in [0.717, 1.165) is 11.3 Å². The van der Waals surface area contributed by atoms with Gasteiger partial charge in [0.1, 0.15) is 11.8 Å². The van der Waals surface area contributed by atoms with E-state index >= 15 is 0 Å². The molecule has 0 aromatic heterocycles. The highest BCUT2D eigenvalue weighted by molar-refractivity contribution is 7.89. The average molecular weight is 460 g/mol. The Morgan fingerprint density at radius 3 is 2.34 bits per heavy atom. The van der Waals surface area contributed by atoms with E-state index in [1.165, 1.54) is 13.0 Å². The zero-order valence-electron chi connectivity index (χ0n) is 18.9. The first-order chi connectivity index (χ1) is 15.0. The van der Waals surface area contributed by atoms with Gasteiger partial charge in [0.15, 0.2) is 0 Å². The van der Waals surface area contributed by atoms with Crippen molar-refractivity contribution in [3.63, 3.8) is 0 Å². The molecule has 1 aliphatic rings. The van der Waals surface area contributed by atoms with E-state index in [4.69, 9.17) is 4.74 Å². The predicted octanol–water partition coefficient (Wildman–Crippen LogP) is 2.93. The number of nitrogens with zero attached hydrogens (tertiary/aromatic N) is 1. The fourth-order valence-electron chi connectivity index (χ4n) is 3.88. The molecule has 0 bridgehead atoms. The van der Waals surface area contributed by atoms with Crippen LogP contribution in [-0.2, 0) is 26.0 Å². The molecule has 2 aromatic carbocycles. The van der Waals surface area contributed by atoms with Gasteiger partial charge in [-0.2, -0.15) is 4.72 Å².